The van der Waals surface area contributed by atoms with Gasteiger partial charge in [-0.1, -0.05) is 0 Å². The zero-order valence-electron chi connectivity index (χ0n) is 12.9. The number of hydrogen-bond donors (Lipinski definition) is 0. The van der Waals surface area contributed by atoms with Crippen LogP contribution in [0.3, 0.4) is 0 Å². The maximum absolute atomic E-state index is 12.6. The van der Waals surface area contributed by atoms with Crippen molar-refractivity contribution in [2.24, 2.45) is 7.05 Å². The van der Waals surface area contributed by atoms with Gasteiger partial charge in [0.1, 0.15) is 11.5 Å². The first-order chi connectivity index (χ1) is 11.2. The fraction of sp³-hybridized carbons (Fsp3) is 0.467. The summed E-state index contributed by atoms with van der Waals surface area (Å²) in [5.41, 5.74) is 0.470. The highest BCUT2D eigenvalue weighted by atomic mass is 16.5. The summed E-state index contributed by atoms with van der Waals surface area (Å²) >= 11 is 0. The molecule has 0 radical (unpaired) electrons. The Kier molecular flexibility index (Phi) is 3.45. The highest BCUT2D eigenvalue weighted by Crippen LogP contribution is 2.27. The summed E-state index contributed by atoms with van der Waals surface area (Å²) in [4.78, 5) is 29.3. The normalized spacial score (nSPS) is 23.9. The Balaban J connectivity index is 1.54. The van der Waals surface area contributed by atoms with Crippen molar-refractivity contribution < 1.29 is 9.53 Å². The van der Waals surface area contributed by atoms with Crippen molar-refractivity contribution in [3.05, 3.63) is 36.8 Å². The molecule has 0 unspecified atom stereocenters. The second-order valence-electron chi connectivity index (χ2n) is 5.87. The van der Waals surface area contributed by atoms with Crippen LogP contribution in [0.5, 0.6) is 0 Å². The largest absolute Gasteiger partial charge is 0.372 e. The summed E-state index contributed by atoms with van der Waals surface area (Å²) in [5.74, 6) is 0.778. The number of rotatable bonds is 2. The highest BCUT2D eigenvalue weighted by Gasteiger charge is 2.42. The fourth-order valence-corrected chi connectivity index (χ4v) is 3.26. The Morgan fingerprint density at radius 2 is 2.22 bits per heavy atom. The third-order valence-corrected chi connectivity index (χ3v) is 4.36. The van der Waals surface area contributed by atoms with Crippen molar-refractivity contribution in [2.75, 3.05) is 31.1 Å². The number of anilines is 1. The predicted octanol–water partition coefficient (Wildman–Crippen LogP) is -0.0601. The van der Waals surface area contributed by atoms with Crippen LogP contribution in [-0.4, -0.2) is 68.7 Å². The summed E-state index contributed by atoms with van der Waals surface area (Å²) in [6, 6.07) is 0.105. The zero-order chi connectivity index (χ0) is 15.8. The molecule has 0 spiro atoms. The summed E-state index contributed by atoms with van der Waals surface area (Å²) in [6.45, 7) is 2.57. The van der Waals surface area contributed by atoms with Crippen LogP contribution >= 0.6 is 0 Å². The number of aromatic nitrogens is 4. The molecule has 4 heterocycles. The van der Waals surface area contributed by atoms with E-state index >= 15 is 0 Å². The molecule has 0 saturated carbocycles. The minimum Gasteiger partial charge on any atom is -0.372 e. The van der Waals surface area contributed by atoms with Gasteiger partial charge in [-0.25, -0.2) is 9.97 Å². The van der Waals surface area contributed by atoms with Crippen LogP contribution in [0.15, 0.2) is 31.1 Å². The van der Waals surface area contributed by atoms with E-state index in [-0.39, 0.29) is 18.1 Å². The summed E-state index contributed by atoms with van der Waals surface area (Å²) in [7, 11) is 1.85. The van der Waals surface area contributed by atoms with Gasteiger partial charge in [-0.05, 0) is 0 Å². The molecule has 2 saturated heterocycles. The number of fused-ring (bicyclic) bond motifs is 1. The lowest BCUT2D eigenvalue weighted by atomic mass is 10.1. The molecule has 2 atom stereocenters. The molecule has 2 fully saturated rings. The standard InChI is InChI=1S/C15H18N6O2/c1-19-7-11(18-10-19)15(22)20-8-12-13(9-20)23-5-4-21(12)14-6-16-2-3-17-14/h2-3,6-7,10,12-13H,4-5,8-9H2,1H3/t12-,13-/m0/s1. The van der Waals surface area contributed by atoms with E-state index in [1.165, 1.54) is 0 Å². The molecule has 2 aliphatic heterocycles. The van der Waals surface area contributed by atoms with Crippen LogP contribution in [0.4, 0.5) is 5.82 Å². The Labute approximate surface area is 133 Å². The molecule has 0 N–H and O–H groups in total. The Hall–Kier alpha value is -2.48. The van der Waals surface area contributed by atoms with E-state index in [0.29, 0.717) is 25.4 Å². The molecule has 8 nitrogen and oxygen atoms in total. The number of imidazole rings is 1. The van der Waals surface area contributed by atoms with Crippen molar-refractivity contribution in [1.82, 2.24) is 24.4 Å². The molecule has 1 amide bonds. The van der Waals surface area contributed by atoms with E-state index in [4.69, 9.17) is 4.74 Å². The SMILES string of the molecule is Cn1cnc(C(=O)N2C[C@@H]3OCCN(c4cnccn4)[C@H]3C2)c1. The van der Waals surface area contributed by atoms with Gasteiger partial charge in [0.15, 0.2) is 0 Å². The molecule has 0 aromatic carbocycles. The van der Waals surface area contributed by atoms with Gasteiger partial charge in [-0.3, -0.25) is 9.78 Å². The van der Waals surface area contributed by atoms with E-state index in [1.54, 1.807) is 35.7 Å². The average Bonchev–Trinajstić information content (AvgIpc) is 3.20. The number of carbonyl (C=O) groups is 1. The lowest BCUT2D eigenvalue weighted by Gasteiger charge is -2.37. The molecule has 4 rings (SSSR count). The number of carbonyl (C=O) groups excluding carboxylic acids is 1. The second kappa shape index (κ2) is 5.62. The minimum absolute atomic E-state index is 0.00146. The van der Waals surface area contributed by atoms with Gasteiger partial charge in [0, 0.05) is 45.3 Å². The van der Waals surface area contributed by atoms with Crippen LogP contribution in [0.2, 0.25) is 0 Å². The van der Waals surface area contributed by atoms with E-state index in [0.717, 1.165) is 12.4 Å². The maximum Gasteiger partial charge on any atom is 0.274 e. The topological polar surface area (TPSA) is 76.4 Å². The average molecular weight is 314 g/mol. The monoisotopic (exact) mass is 314 g/mol. The molecule has 2 aromatic rings. The lowest BCUT2D eigenvalue weighted by Crippen LogP contribution is -2.51. The smallest absolute Gasteiger partial charge is 0.274 e. The van der Waals surface area contributed by atoms with E-state index < -0.39 is 0 Å². The first kappa shape index (κ1) is 14.1. The Morgan fingerprint density at radius 3 is 2.96 bits per heavy atom. The molecule has 0 aliphatic carbocycles. The van der Waals surface area contributed by atoms with Crippen LogP contribution < -0.4 is 4.90 Å². The van der Waals surface area contributed by atoms with Gasteiger partial charge >= 0.3 is 0 Å². The predicted molar refractivity (Wildman–Crippen MR) is 82.0 cm³/mol. The zero-order valence-corrected chi connectivity index (χ0v) is 12.9. The number of aryl methyl sites for hydroxylation is 1. The second-order valence-corrected chi connectivity index (χ2v) is 5.87. The number of amides is 1. The third kappa shape index (κ3) is 2.55. The molecule has 120 valence electrons. The van der Waals surface area contributed by atoms with Crippen LogP contribution in [0.1, 0.15) is 10.5 Å². The van der Waals surface area contributed by atoms with Gasteiger partial charge in [-0.2, -0.15) is 0 Å². The van der Waals surface area contributed by atoms with Crippen molar-refractivity contribution in [1.29, 1.82) is 0 Å². The number of likely N-dealkylation sites (tertiary alicyclic amines) is 1. The van der Waals surface area contributed by atoms with Gasteiger partial charge in [-0.15, -0.1) is 0 Å². The summed E-state index contributed by atoms with van der Waals surface area (Å²) in [5, 5.41) is 0. The van der Waals surface area contributed by atoms with Gasteiger partial charge in [0.05, 0.1) is 31.3 Å². The highest BCUT2D eigenvalue weighted by molar-refractivity contribution is 5.92. The molecular formula is C15H18N6O2. The Morgan fingerprint density at radius 1 is 1.30 bits per heavy atom. The number of morpholine rings is 1. The van der Waals surface area contributed by atoms with Crippen molar-refractivity contribution in [2.45, 2.75) is 12.1 Å². The third-order valence-electron chi connectivity index (χ3n) is 4.36. The first-order valence-electron chi connectivity index (χ1n) is 7.64. The van der Waals surface area contributed by atoms with Crippen molar-refractivity contribution in [3.8, 4) is 0 Å². The Bertz CT molecular complexity index is 703. The number of hydrogen-bond acceptors (Lipinski definition) is 6. The minimum atomic E-state index is -0.0531. The van der Waals surface area contributed by atoms with Crippen LogP contribution in [0.25, 0.3) is 0 Å². The molecule has 2 aliphatic rings. The molecule has 2 aromatic heterocycles. The maximum atomic E-state index is 12.6. The van der Waals surface area contributed by atoms with Gasteiger partial charge in [0.2, 0.25) is 0 Å². The molecular weight excluding hydrogens is 296 g/mol. The number of ether oxygens (including phenoxy) is 1. The lowest BCUT2D eigenvalue weighted by molar-refractivity contribution is 0.0299. The van der Waals surface area contributed by atoms with Gasteiger partial charge < -0.3 is 19.1 Å². The first-order valence-corrected chi connectivity index (χ1v) is 7.64. The van der Waals surface area contributed by atoms with Crippen molar-refractivity contribution in [3.63, 3.8) is 0 Å². The van der Waals surface area contributed by atoms with Crippen LogP contribution in [-0.2, 0) is 11.8 Å². The quantitative estimate of drug-likeness (QED) is 0.773. The molecule has 23 heavy (non-hydrogen) atoms. The van der Waals surface area contributed by atoms with Crippen LogP contribution in [0, 0.1) is 0 Å². The molecule has 8 heteroatoms. The summed E-state index contributed by atoms with van der Waals surface area (Å²) in [6.07, 6.45) is 8.48. The molecule has 0 bridgehead atoms. The van der Waals surface area contributed by atoms with Crippen molar-refractivity contribution >= 4 is 11.7 Å². The van der Waals surface area contributed by atoms with E-state index in [9.17, 15) is 4.79 Å². The van der Waals surface area contributed by atoms with E-state index in [1.807, 2.05) is 11.9 Å². The number of nitrogens with zero attached hydrogens (tertiary/aromatic N) is 6. The fourth-order valence-electron chi connectivity index (χ4n) is 3.26. The summed E-state index contributed by atoms with van der Waals surface area (Å²) < 4.78 is 7.64. The van der Waals surface area contributed by atoms with Gasteiger partial charge in [0.25, 0.3) is 5.91 Å². The van der Waals surface area contributed by atoms with E-state index in [2.05, 4.69) is 19.9 Å².